The third kappa shape index (κ3) is 3.95. The normalized spacial score (nSPS) is 12.6. The molecule has 18 heavy (non-hydrogen) atoms. The monoisotopic (exact) mass is 335 g/mol. The van der Waals surface area contributed by atoms with Gasteiger partial charge >= 0.3 is 0 Å². The van der Waals surface area contributed by atoms with Gasteiger partial charge in [0.2, 0.25) is 0 Å². The number of hydrogen-bond donors (Lipinski definition) is 1. The van der Waals surface area contributed by atoms with Crippen LogP contribution in [0.3, 0.4) is 0 Å². The largest absolute Gasteiger partial charge is 0.349 e. The summed E-state index contributed by atoms with van der Waals surface area (Å²) < 4.78 is 13.3. The van der Waals surface area contributed by atoms with Gasteiger partial charge in [0.15, 0.2) is 0 Å². The summed E-state index contributed by atoms with van der Waals surface area (Å²) in [5.41, 5.74) is 0.178. The van der Waals surface area contributed by atoms with Gasteiger partial charge in [-0.15, -0.1) is 0 Å². The summed E-state index contributed by atoms with van der Waals surface area (Å²) in [5, 5.41) is 3.55. The van der Waals surface area contributed by atoms with Crippen LogP contribution in [-0.2, 0) is 0 Å². The highest BCUT2D eigenvalue weighted by atomic mass is 79.9. The van der Waals surface area contributed by atoms with E-state index in [1.54, 1.807) is 0 Å². The molecule has 0 aliphatic heterocycles. The predicted octanol–water partition coefficient (Wildman–Crippen LogP) is 4.02. The molecule has 2 nitrogen and oxygen atoms in total. The Morgan fingerprint density at radius 1 is 1.50 bits per heavy atom. The van der Waals surface area contributed by atoms with Crippen molar-refractivity contribution < 1.29 is 9.18 Å². The lowest BCUT2D eigenvalue weighted by molar-refractivity contribution is 0.0925. The molecule has 100 valence electrons. The molecule has 1 atom stereocenters. The van der Waals surface area contributed by atoms with Crippen LogP contribution in [0.4, 0.5) is 4.39 Å². The van der Waals surface area contributed by atoms with E-state index in [0.717, 1.165) is 11.8 Å². The third-order valence-electron chi connectivity index (χ3n) is 2.74. The van der Waals surface area contributed by atoms with Crippen LogP contribution in [0.5, 0.6) is 0 Å². The van der Waals surface area contributed by atoms with Gasteiger partial charge in [-0.3, -0.25) is 4.79 Å². The average Bonchev–Trinajstić information content (AvgIpc) is 2.31. The van der Waals surface area contributed by atoms with Crippen LogP contribution in [0, 0.1) is 11.7 Å². The number of amides is 1. The second kappa shape index (κ2) is 7.10. The number of carbonyl (C=O) groups excluding carboxylic acids is 1. The van der Waals surface area contributed by atoms with Crippen molar-refractivity contribution in [3.8, 4) is 0 Å². The van der Waals surface area contributed by atoms with E-state index in [0.29, 0.717) is 5.92 Å². The molecule has 1 unspecified atom stereocenters. The molecule has 1 aromatic rings. The van der Waals surface area contributed by atoms with E-state index in [4.69, 9.17) is 11.6 Å². The van der Waals surface area contributed by atoms with Gasteiger partial charge in [0.05, 0.1) is 10.6 Å². The Morgan fingerprint density at radius 2 is 2.17 bits per heavy atom. The fourth-order valence-electron chi connectivity index (χ4n) is 1.62. The molecule has 0 aliphatic rings. The smallest absolute Gasteiger partial charge is 0.253 e. The van der Waals surface area contributed by atoms with E-state index < -0.39 is 5.82 Å². The van der Waals surface area contributed by atoms with Crippen LogP contribution in [0.15, 0.2) is 18.2 Å². The standard InChI is InChI=1S/C13H16BrClFNO/c1-8(2)11(6-7-14)17-13(18)9-4-3-5-10(16)12(9)15/h3-5,8,11H,6-7H2,1-2H3,(H,17,18). The highest BCUT2D eigenvalue weighted by Gasteiger charge is 2.19. The van der Waals surface area contributed by atoms with E-state index in [-0.39, 0.29) is 22.5 Å². The number of rotatable bonds is 5. The average molecular weight is 337 g/mol. The van der Waals surface area contributed by atoms with Gasteiger partial charge in [-0.2, -0.15) is 0 Å². The molecule has 5 heteroatoms. The van der Waals surface area contributed by atoms with Crippen LogP contribution < -0.4 is 5.32 Å². The summed E-state index contributed by atoms with van der Waals surface area (Å²) in [6, 6.07) is 4.27. The van der Waals surface area contributed by atoms with Crippen LogP contribution in [0.2, 0.25) is 5.02 Å². The molecule has 1 N–H and O–H groups in total. The molecule has 0 aromatic heterocycles. The maximum Gasteiger partial charge on any atom is 0.253 e. The number of carbonyl (C=O) groups is 1. The Kier molecular flexibility index (Phi) is 6.09. The predicted molar refractivity (Wildman–Crippen MR) is 75.9 cm³/mol. The fourth-order valence-corrected chi connectivity index (χ4v) is 2.32. The molecule has 0 radical (unpaired) electrons. The van der Waals surface area contributed by atoms with E-state index in [2.05, 4.69) is 21.2 Å². The van der Waals surface area contributed by atoms with Gasteiger partial charge in [0.25, 0.3) is 5.91 Å². The molecule has 1 amide bonds. The van der Waals surface area contributed by atoms with Crippen molar-refractivity contribution in [1.29, 1.82) is 0 Å². The Morgan fingerprint density at radius 3 is 2.72 bits per heavy atom. The number of benzene rings is 1. The first-order valence-corrected chi connectivity index (χ1v) is 7.28. The Bertz CT molecular complexity index is 425. The summed E-state index contributed by atoms with van der Waals surface area (Å²) in [4.78, 5) is 12.0. The molecule has 0 saturated heterocycles. The Balaban J connectivity index is 2.84. The molecule has 0 spiro atoms. The quantitative estimate of drug-likeness (QED) is 0.809. The number of alkyl halides is 1. The zero-order valence-electron chi connectivity index (χ0n) is 10.3. The van der Waals surface area contributed by atoms with E-state index in [1.807, 2.05) is 13.8 Å². The molecule has 0 fully saturated rings. The first-order chi connectivity index (χ1) is 8.47. The summed E-state index contributed by atoms with van der Waals surface area (Å²) in [6.07, 6.45) is 0.816. The minimum Gasteiger partial charge on any atom is -0.349 e. The first-order valence-electron chi connectivity index (χ1n) is 5.78. The van der Waals surface area contributed by atoms with Crippen LogP contribution in [-0.4, -0.2) is 17.3 Å². The Labute approximate surface area is 120 Å². The van der Waals surface area contributed by atoms with E-state index >= 15 is 0 Å². The van der Waals surface area contributed by atoms with Crippen LogP contribution >= 0.6 is 27.5 Å². The van der Waals surface area contributed by atoms with Crippen molar-refractivity contribution in [2.24, 2.45) is 5.92 Å². The molecule has 0 bridgehead atoms. The summed E-state index contributed by atoms with van der Waals surface area (Å²) in [6.45, 7) is 4.06. The molecular formula is C13H16BrClFNO. The van der Waals surface area contributed by atoms with Gasteiger partial charge < -0.3 is 5.32 Å². The van der Waals surface area contributed by atoms with Gasteiger partial charge in [0.1, 0.15) is 5.82 Å². The molecule has 0 saturated carbocycles. The van der Waals surface area contributed by atoms with Gasteiger partial charge in [-0.1, -0.05) is 47.4 Å². The maximum absolute atomic E-state index is 13.3. The minimum absolute atomic E-state index is 0.0382. The highest BCUT2D eigenvalue weighted by molar-refractivity contribution is 9.09. The second-order valence-corrected chi connectivity index (χ2v) is 5.57. The van der Waals surface area contributed by atoms with Gasteiger partial charge in [-0.05, 0) is 24.5 Å². The topological polar surface area (TPSA) is 29.1 Å². The Hall–Kier alpha value is -0.610. The molecular weight excluding hydrogens is 321 g/mol. The molecule has 0 aliphatic carbocycles. The maximum atomic E-state index is 13.3. The zero-order valence-corrected chi connectivity index (χ0v) is 12.7. The van der Waals surface area contributed by atoms with Crippen molar-refractivity contribution in [3.63, 3.8) is 0 Å². The van der Waals surface area contributed by atoms with Crippen LogP contribution in [0.1, 0.15) is 30.6 Å². The molecule has 1 aromatic carbocycles. The molecule has 0 heterocycles. The lowest BCUT2D eigenvalue weighted by atomic mass is 10.0. The third-order valence-corrected chi connectivity index (χ3v) is 3.58. The molecule has 1 rings (SSSR count). The van der Waals surface area contributed by atoms with E-state index in [9.17, 15) is 9.18 Å². The fraction of sp³-hybridized carbons (Fsp3) is 0.462. The number of hydrogen-bond acceptors (Lipinski definition) is 1. The van der Waals surface area contributed by atoms with E-state index in [1.165, 1.54) is 18.2 Å². The number of halogens is 3. The van der Waals surface area contributed by atoms with Crippen molar-refractivity contribution in [2.45, 2.75) is 26.3 Å². The van der Waals surface area contributed by atoms with Gasteiger partial charge in [-0.25, -0.2) is 4.39 Å². The first kappa shape index (κ1) is 15.4. The van der Waals surface area contributed by atoms with Crippen molar-refractivity contribution in [2.75, 3.05) is 5.33 Å². The number of nitrogens with one attached hydrogen (secondary N) is 1. The highest BCUT2D eigenvalue weighted by Crippen LogP contribution is 2.20. The SMILES string of the molecule is CC(C)C(CCBr)NC(=O)c1cccc(F)c1Cl. The lowest BCUT2D eigenvalue weighted by Gasteiger charge is -2.21. The minimum atomic E-state index is -0.578. The summed E-state index contributed by atoms with van der Waals surface area (Å²) in [5.74, 6) is -0.608. The lowest BCUT2D eigenvalue weighted by Crippen LogP contribution is -2.39. The summed E-state index contributed by atoms with van der Waals surface area (Å²) >= 11 is 9.14. The second-order valence-electron chi connectivity index (χ2n) is 4.40. The zero-order chi connectivity index (χ0) is 13.7. The summed E-state index contributed by atoms with van der Waals surface area (Å²) in [7, 11) is 0. The van der Waals surface area contributed by atoms with Gasteiger partial charge in [0, 0.05) is 11.4 Å². The van der Waals surface area contributed by atoms with Crippen molar-refractivity contribution >= 4 is 33.4 Å². The van der Waals surface area contributed by atoms with Crippen molar-refractivity contribution in [3.05, 3.63) is 34.6 Å². The van der Waals surface area contributed by atoms with Crippen LogP contribution in [0.25, 0.3) is 0 Å². The van der Waals surface area contributed by atoms with Crippen molar-refractivity contribution in [1.82, 2.24) is 5.32 Å².